The van der Waals surface area contributed by atoms with Crippen molar-refractivity contribution in [2.24, 2.45) is 23.7 Å². The minimum Gasteiger partial charge on any atom is -0.432 e. The molecule has 0 bridgehead atoms. The molecule has 2 aliphatic carbocycles. The van der Waals surface area contributed by atoms with Gasteiger partial charge in [-0.3, -0.25) is 0 Å². The average Bonchev–Trinajstić information content (AvgIpc) is 2.94. The van der Waals surface area contributed by atoms with E-state index in [1.807, 2.05) is 0 Å². The van der Waals surface area contributed by atoms with Gasteiger partial charge in [-0.25, -0.2) is 8.78 Å². The molecule has 0 unspecified atom stereocenters. The average molecular weight is 536 g/mol. The van der Waals surface area contributed by atoms with E-state index in [9.17, 15) is 8.78 Å². The van der Waals surface area contributed by atoms with Gasteiger partial charge in [0.15, 0.2) is 0 Å². The van der Waals surface area contributed by atoms with Crippen LogP contribution in [-0.4, -0.2) is 6.11 Å². The van der Waals surface area contributed by atoms with Crippen molar-refractivity contribution >= 4 is 0 Å². The second kappa shape index (κ2) is 11.4. The molecule has 0 amide bonds. The molecule has 2 aliphatic rings. The molecule has 0 spiro atoms. The molecular formula is C33H33F4NO. The monoisotopic (exact) mass is 535 g/mol. The first-order valence-corrected chi connectivity index (χ1v) is 13.9. The van der Waals surface area contributed by atoms with Gasteiger partial charge in [0.25, 0.3) is 0 Å². The topological polar surface area (TPSA) is 33.0 Å². The highest BCUT2D eigenvalue weighted by Crippen LogP contribution is 2.45. The maximum Gasteiger partial charge on any atom is 0.400 e. The Morgan fingerprint density at radius 2 is 1.28 bits per heavy atom. The van der Waals surface area contributed by atoms with Gasteiger partial charge < -0.3 is 4.74 Å². The minimum atomic E-state index is -3.24. The summed E-state index contributed by atoms with van der Waals surface area (Å²) in [5.74, 6) is 0.0708. The van der Waals surface area contributed by atoms with Crippen LogP contribution >= 0.6 is 0 Å². The quantitative estimate of drug-likeness (QED) is 0.294. The van der Waals surface area contributed by atoms with Crippen molar-refractivity contribution < 1.29 is 22.3 Å². The highest BCUT2D eigenvalue weighted by Gasteiger charge is 2.45. The third-order valence-electron chi connectivity index (χ3n) is 8.79. The molecule has 3 aromatic rings. The first-order valence-electron chi connectivity index (χ1n) is 13.9. The molecule has 0 aromatic heterocycles. The molecule has 0 atom stereocenters. The van der Waals surface area contributed by atoms with Crippen LogP contribution in [0.3, 0.4) is 0 Å². The third kappa shape index (κ3) is 6.13. The van der Waals surface area contributed by atoms with Gasteiger partial charge in [-0.2, -0.15) is 14.0 Å². The Morgan fingerprint density at radius 1 is 0.718 bits per heavy atom. The smallest absolute Gasteiger partial charge is 0.400 e. The second-order valence-corrected chi connectivity index (χ2v) is 11.3. The van der Waals surface area contributed by atoms with Crippen molar-refractivity contribution in [1.82, 2.24) is 0 Å². The van der Waals surface area contributed by atoms with Crippen LogP contribution in [0, 0.1) is 46.6 Å². The predicted octanol–water partition coefficient (Wildman–Crippen LogP) is 9.77. The number of alkyl halides is 2. The number of ether oxygens (including phenoxy) is 1. The van der Waals surface area contributed by atoms with Gasteiger partial charge in [0.05, 0.1) is 11.5 Å². The molecule has 6 heteroatoms. The van der Waals surface area contributed by atoms with Crippen LogP contribution in [0.4, 0.5) is 17.6 Å². The highest BCUT2D eigenvalue weighted by molar-refractivity contribution is 5.71. The van der Waals surface area contributed by atoms with E-state index in [1.54, 1.807) is 24.3 Å². The Labute approximate surface area is 227 Å². The fourth-order valence-electron chi connectivity index (χ4n) is 6.34. The second-order valence-electron chi connectivity index (χ2n) is 11.3. The van der Waals surface area contributed by atoms with Gasteiger partial charge in [0.1, 0.15) is 23.5 Å². The molecule has 3 aromatic carbocycles. The summed E-state index contributed by atoms with van der Waals surface area (Å²) in [6, 6.07) is 16.5. The van der Waals surface area contributed by atoms with Gasteiger partial charge in [-0.1, -0.05) is 50.1 Å². The van der Waals surface area contributed by atoms with Gasteiger partial charge in [-0.15, -0.1) is 0 Å². The zero-order valence-corrected chi connectivity index (χ0v) is 22.1. The van der Waals surface area contributed by atoms with Crippen molar-refractivity contribution in [3.05, 3.63) is 77.9 Å². The van der Waals surface area contributed by atoms with Crippen LogP contribution < -0.4 is 4.74 Å². The zero-order chi connectivity index (χ0) is 27.6. The third-order valence-corrected chi connectivity index (χ3v) is 8.79. The molecular weight excluding hydrogens is 502 g/mol. The van der Waals surface area contributed by atoms with Crippen LogP contribution in [0.5, 0.6) is 5.75 Å². The van der Waals surface area contributed by atoms with E-state index in [2.05, 4.69) is 6.92 Å². The Bertz CT molecular complexity index is 1330. The molecule has 2 saturated carbocycles. The van der Waals surface area contributed by atoms with Gasteiger partial charge in [0.2, 0.25) is 0 Å². The number of hydrogen-bond acceptors (Lipinski definition) is 2. The molecule has 0 aliphatic heterocycles. The number of rotatable bonds is 6. The van der Waals surface area contributed by atoms with E-state index in [4.69, 9.17) is 10.00 Å². The SMILES string of the molecule is CC1CCC(C2CCC(C(F)(F)Oc3ccc(-c4ccc(-c5ccc(C#N)c(F)c5)c(F)c4)cc3)CC2)CC1. The summed E-state index contributed by atoms with van der Waals surface area (Å²) < 4.78 is 64.2. The summed E-state index contributed by atoms with van der Waals surface area (Å²) in [7, 11) is 0. The van der Waals surface area contributed by atoms with Crippen LogP contribution in [0.2, 0.25) is 0 Å². The zero-order valence-electron chi connectivity index (χ0n) is 22.1. The van der Waals surface area contributed by atoms with Crippen LogP contribution in [0.1, 0.15) is 63.9 Å². The Morgan fingerprint density at radius 3 is 1.87 bits per heavy atom. The molecule has 0 N–H and O–H groups in total. The first-order chi connectivity index (χ1) is 18.7. The lowest BCUT2D eigenvalue weighted by molar-refractivity contribution is -0.224. The van der Waals surface area contributed by atoms with Crippen molar-refractivity contribution in [3.8, 4) is 34.1 Å². The van der Waals surface area contributed by atoms with Crippen molar-refractivity contribution in [2.75, 3.05) is 0 Å². The number of nitriles is 1. The molecule has 0 saturated heterocycles. The van der Waals surface area contributed by atoms with E-state index < -0.39 is 23.7 Å². The fourth-order valence-corrected chi connectivity index (χ4v) is 6.34. The minimum absolute atomic E-state index is 0.0808. The van der Waals surface area contributed by atoms with Gasteiger partial charge in [0, 0.05) is 5.56 Å². The number of nitrogens with zero attached hydrogens (tertiary/aromatic N) is 1. The first kappa shape index (κ1) is 27.2. The fraction of sp³-hybridized carbons (Fsp3) is 0.424. The molecule has 2 fully saturated rings. The van der Waals surface area contributed by atoms with Crippen molar-refractivity contribution in [1.29, 1.82) is 5.26 Å². The standard InChI is InChI=1S/C33H33F4NO/c1-21-2-4-22(5-3-21)23-8-13-28(14-9-23)33(36,37)39-29-15-10-24(11-16-29)25-12-17-30(32(35)18-25)26-6-7-27(20-38)31(34)19-26/h6-7,10-12,15-19,21-23,28H,2-5,8-9,13-14H2,1H3. The Hall–Kier alpha value is -3.33. The predicted molar refractivity (Wildman–Crippen MR) is 144 cm³/mol. The molecule has 0 heterocycles. The lowest BCUT2D eigenvalue weighted by atomic mass is 9.69. The van der Waals surface area contributed by atoms with Crippen LogP contribution in [-0.2, 0) is 0 Å². The molecule has 0 radical (unpaired) electrons. The van der Waals surface area contributed by atoms with Crippen LogP contribution in [0.25, 0.3) is 22.3 Å². The van der Waals surface area contributed by atoms with Gasteiger partial charge in [-0.05, 0) is 103 Å². The number of benzene rings is 3. The summed E-state index contributed by atoms with van der Waals surface area (Å²) in [4.78, 5) is 0. The summed E-state index contributed by atoms with van der Waals surface area (Å²) in [6.07, 6.45) is 4.40. The normalized spacial score (nSPS) is 23.7. The molecule has 2 nitrogen and oxygen atoms in total. The Balaban J connectivity index is 1.21. The lowest BCUT2D eigenvalue weighted by Gasteiger charge is -2.38. The van der Waals surface area contributed by atoms with E-state index >= 15 is 8.78 Å². The van der Waals surface area contributed by atoms with Gasteiger partial charge >= 0.3 is 6.11 Å². The number of halogens is 4. The maximum absolute atomic E-state index is 15.1. The lowest BCUT2D eigenvalue weighted by Crippen LogP contribution is -2.38. The van der Waals surface area contributed by atoms with Crippen molar-refractivity contribution in [3.63, 3.8) is 0 Å². The van der Waals surface area contributed by atoms with E-state index in [0.29, 0.717) is 41.4 Å². The maximum atomic E-state index is 15.1. The van der Waals surface area contributed by atoms with E-state index in [0.717, 1.165) is 24.8 Å². The summed E-state index contributed by atoms with van der Waals surface area (Å²) >= 11 is 0. The largest absolute Gasteiger partial charge is 0.432 e. The van der Waals surface area contributed by atoms with E-state index in [-0.39, 0.29) is 16.9 Å². The van der Waals surface area contributed by atoms with E-state index in [1.165, 1.54) is 62.1 Å². The Kier molecular flexibility index (Phi) is 7.98. The highest BCUT2D eigenvalue weighted by atomic mass is 19.3. The molecule has 5 rings (SSSR count). The molecule has 39 heavy (non-hydrogen) atoms. The van der Waals surface area contributed by atoms with Crippen molar-refractivity contribution in [2.45, 2.75) is 64.4 Å². The number of hydrogen-bond donors (Lipinski definition) is 0. The summed E-state index contributed by atoms with van der Waals surface area (Å²) in [5, 5.41) is 8.89. The summed E-state index contributed by atoms with van der Waals surface area (Å²) in [5.41, 5.74) is 1.62. The summed E-state index contributed by atoms with van der Waals surface area (Å²) in [6.45, 7) is 2.30. The molecule has 204 valence electrons. The van der Waals surface area contributed by atoms with Crippen LogP contribution in [0.15, 0.2) is 60.7 Å².